The van der Waals surface area contributed by atoms with E-state index in [1.807, 2.05) is 6.92 Å². The van der Waals surface area contributed by atoms with Crippen LogP contribution in [0.1, 0.15) is 35.9 Å². The minimum Gasteiger partial charge on any atom is -0.382 e. The van der Waals surface area contributed by atoms with Crippen LogP contribution < -0.4 is 16.4 Å². The molecular weight excluding hydrogens is 296 g/mol. The molecule has 0 spiro atoms. The number of rotatable bonds is 7. The third-order valence-corrected chi connectivity index (χ3v) is 5.54. The highest BCUT2D eigenvalue weighted by molar-refractivity contribution is 7.84. The smallest absolute Gasteiger partial charge is 0.265 e. The van der Waals surface area contributed by atoms with Gasteiger partial charge >= 0.3 is 0 Å². The number of nitrogen functional groups attached to an aromatic ring is 1. The second-order valence-electron chi connectivity index (χ2n) is 5.01. The largest absolute Gasteiger partial charge is 0.382 e. The molecule has 1 saturated carbocycles. The zero-order chi connectivity index (χ0) is 14.7. The van der Waals surface area contributed by atoms with Crippen LogP contribution in [-0.2, 0) is 10.8 Å². The minimum absolute atomic E-state index is 0.0706. The van der Waals surface area contributed by atoms with Crippen molar-refractivity contribution in [1.82, 2.24) is 10.3 Å². The molecule has 1 aliphatic carbocycles. The predicted octanol–water partition coefficient (Wildman–Crippen LogP) is 1.19. The molecule has 0 aromatic carbocycles. The Balaban J connectivity index is 1.85. The standard InChI is InChI=1S/C12H20N4O2S2/c1-7(20(2)18)5-6-14-11(17)9-10(13)16-12(19-9)15-8-3-4-8/h7-8H,3-6,13H2,1-2H3,(H,14,17)(H,15,16). The molecule has 8 heteroatoms. The molecule has 0 bridgehead atoms. The van der Waals surface area contributed by atoms with Crippen LogP contribution in [-0.4, -0.2) is 39.2 Å². The Labute approximate surface area is 125 Å². The quantitative estimate of drug-likeness (QED) is 0.702. The molecular formula is C12H20N4O2S2. The predicted molar refractivity (Wildman–Crippen MR) is 83.6 cm³/mol. The molecule has 1 aromatic heterocycles. The van der Waals surface area contributed by atoms with Gasteiger partial charge in [-0.05, 0) is 19.3 Å². The van der Waals surface area contributed by atoms with E-state index in [0.29, 0.717) is 29.0 Å². The minimum atomic E-state index is -0.865. The van der Waals surface area contributed by atoms with Crippen LogP contribution in [0.25, 0.3) is 0 Å². The lowest BCUT2D eigenvalue weighted by molar-refractivity contribution is 0.0958. The van der Waals surface area contributed by atoms with E-state index < -0.39 is 10.8 Å². The normalized spacial score (nSPS) is 17.5. The van der Waals surface area contributed by atoms with Crippen molar-refractivity contribution in [2.24, 2.45) is 0 Å². The van der Waals surface area contributed by atoms with Crippen LogP contribution in [0.3, 0.4) is 0 Å². The van der Waals surface area contributed by atoms with Gasteiger partial charge in [-0.2, -0.15) is 0 Å². The lowest BCUT2D eigenvalue weighted by Crippen LogP contribution is -2.27. The SMILES string of the molecule is CC(CCNC(=O)c1sc(NC2CC2)nc1N)S(C)=O. The van der Waals surface area contributed by atoms with Crippen LogP contribution in [0.4, 0.5) is 10.9 Å². The maximum absolute atomic E-state index is 12.0. The number of nitrogens with zero attached hydrogens (tertiary/aromatic N) is 1. The zero-order valence-corrected chi connectivity index (χ0v) is 13.3. The summed E-state index contributed by atoms with van der Waals surface area (Å²) in [7, 11) is -0.865. The highest BCUT2D eigenvalue weighted by atomic mass is 32.2. The first-order valence-corrected chi connectivity index (χ1v) is 9.04. The highest BCUT2D eigenvalue weighted by Crippen LogP contribution is 2.30. The van der Waals surface area contributed by atoms with Crippen molar-refractivity contribution in [3.63, 3.8) is 0 Å². The maximum atomic E-state index is 12.0. The van der Waals surface area contributed by atoms with Gasteiger partial charge in [0.1, 0.15) is 10.7 Å². The van der Waals surface area contributed by atoms with Crippen LogP contribution in [0.5, 0.6) is 0 Å². The van der Waals surface area contributed by atoms with Gasteiger partial charge in [0.05, 0.1) is 0 Å². The fraction of sp³-hybridized carbons (Fsp3) is 0.667. The van der Waals surface area contributed by atoms with Gasteiger partial charge in [-0.15, -0.1) is 0 Å². The number of anilines is 2. The van der Waals surface area contributed by atoms with Gasteiger partial charge in [0.2, 0.25) is 0 Å². The van der Waals surface area contributed by atoms with Gasteiger partial charge < -0.3 is 16.4 Å². The van der Waals surface area contributed by atoms with Gasteiger partial charge in [0.15, 0.2) is 5.13 Å². The van der Waals surface area contributed by atoms with Gasteiger partial charge in [-0.3, -0.25) is 9.00 Å². The molecule has 2 unspecified atom stereocenters. The molecule has 4 N–H and O–H groups in total. The molecule has 0 saturated heterocycles. The number of nitrogens with two attached hydrogens (primary N) is 1. The first kappa shape index (κ1) is 15.2. The van der Waals surface area contributed by atoms with Crippen molar-refractivity contribution in [3.05, 3.63) is 4.88 Å². The monoisotopic (exact) mass is 316 g/mol. The van der Waals surface area contributed by atoms with E-state index in [1.54, 1.807) is 6.26 Å². The first-order valence-electron chi connectivity index (χ1n) is 6.60. The Hall–Kier alpha value is -1.15. The molecule has 0 radical (unpaired) electrons. The number of aromatic nitrogens is 1. The van der Waals surface area contributed by atoms with E-state index >= 15 is 0 Å². The molecule has 0 aliphatic heterocycles. The van der Waals surface area contributed by atoms with Crippen molar-refractivity contribution in [2.45, 2.75) is 37.5 Å². The summed E-state index contributed by atoms with van der Waals surface area (Å²) < 4.78 is 11.2. The number of thiazole rings is 1. The average molecular weight is 316 g/mol. The summed E-state index contributed by atoms with van der Waals surface area (Å²) >= 11 is 1.28. The second-order valence-corrected chi connectivity index (χ2v) is 7.81. The molecule has 1 heterocycles. The molecule has 1 fully saturated rings. The number of hydrogen-bond donors (Lipinski definition) is 3. The number of hydrogen-bond acceptors (Lipinski definition) is 6. The van der Waals surface area contributed by atoms with E-state index in [2.05, 4.69) is 15.6 Å². The average Bonchev–Trinajstić information content (AvgIpc) is 3.11. The second kappa shape index (κ2) is 6.53. The summed E-state index contributed by atoms with van der Waals surface area (Å²) in [6.45, 7) is 2.39. The van der Waals surface area contributed by atoms with Crippen molar-refractivity contribution in [3.8, 4) is 0 Å². The van der Waals surface area contributed by atoms with Gasteiger partial charge in [0.25, 0.3) is 5.91 Å². The third-order valence-electron chi connectivity index (χ3n) is 3.17. The van der Waals surface area contributed by atoms with Gasteiger partial charge in [-0.25, -0.2) is 4.98 Å². The summed E-state index contributed by atoms with van der Waals surface area (Å²) in [4.78, 5) is 16.6. The Kier molecular flexibility index (Phi) is 4.98. The van der Waals surface area contributed by atoms with Crippen LogP contribution in [0.2, 0.25) is 0 Å². The number of amides is 1. The Morgan fingerprint density at radius 2 is 2.30 bits per heavy atom. The van der Waals surface area contributed by atoms with E-state index in [0.717, 1.165) is 12.8 Å². The Morgan fingerprint density at radius 3 is 2.90 bits per heavy atom. The molecule has 1 aromatic rings. The summed E-state index contributed by atoms with van der Waals surface area (Å²) in [6.07, 6.45) is 4.64. The number of carbonyl (C=O) groups excluding carboxylic acids is 1. The van der Waals surface area contributed by atoms with Crippen molar-refractivity contribution < 1.29 is 9.00 Å². The molecule has 20 heavy (non-hydrogen) atoms. The lowest BCUT2D eigenvalue weighted by Gasteiger charge is -2.08. The van der Waals surface area contributed by atoms with Crippen molar-refractivity contribution in [1.29, 1.82) is 0 Å². The summed E-state index contributed by atoms with van der Waals surface area (Å²) in [5.41, 5.74) is 5.77. The van der Waals surface area contributed by atoms with Crippen LogP contribution >= 0.6 is 11.3 Å². The van der Waals surface area contributed by atoms with Crippen LogP contribution in [0, 0.1) is 0 Å². The zero-order valence-electron chi connectivity index (χ0n) is 11.6. The molecule has 6 nitrogen and oxygen atoms in total. The molecule has 2 rings (SSSR count). The number of nitrogens with one attached hydrogen (secondary N) is 2. The maximum Gasteiger partial charge on any atom is 0.265 e. The lowest BCUT2D eigenvalue weighted by atomic mass is 10.3. The van der Waals surface area contributed by atoms with Gasteiger partial charge in [0, 0.05) is 34.9 Å². The fourth-order valence-electron chi connectivity index (χ4n) is 1.59. The van der Waals surface area contributed by atoms with Crippen molar-refractivity contribution >= 4 is 39.0 Å². The van der Waals surface area contributed by atoms with E-state index in [9.17, 15) is 9.00 Å². The van der Waals surface area contributed by atoms with E-state index in [1.165, 1.54) is 11.3 Å². The number of carbonyl (C=O) groups is 1. The van der Waals surface area contributed by atoms with E-state index in [4.69, 9.17) is 5.73 Å². The summed E-state index contributed by atoms with van der Waals surface area (Å²) in [5, 5.41) is 6.80. The summed E-state index contributed by atoms with van der Waals surface area (Å²) in [5.74, 6) is 0.0562. The van der Waals surface area contributed by atoms with Gasteiger partial charge in [-0.1, -0.05) is 18.3 Å². The Morgan fingerprint density at radius 1 is 1.60 bits per heavy atom. The molecule has 1 amide bonds. The fourth-order valence-corrected chi connectivity index (χ4v) is 2.92. The topological polar surface area (TPSA) is 97.1 Å². The van der Waals surface area contributed by atoms with Crippen molar-refractivity contribution in [2.75, 3.05) is 23.9 Å². The summed E-state index contributed by atoms with van der Waals surface area (Å²) in [6, 6.07) is 0.483. The van der Waals surface area contributed by atoms with E-state index in [-0.39, 0.29) is 17.0 Å². The molecule has 112 valence electrons. The molecule has 1 aliphatic rings. The van der Waals surface area contributed by atoms with Crippen LogP contribution in [0.15, 0.2) is 0 Å². The highest BCUT2D eigenvalue weighted by Gasteiger charge is 2.24. The Bertz CT molecular complexity index is 514. The third kappa shape index (κ3) is 4.17. The first-order chi connectivity index (χ1) is 9.47. The molecule has 2 atom stereocenters.